The number of hydrogen-bond donors (Lipinski definition) is 2. The van der Waals surface area contributed by atoms with Gasteiger partial charge in [-0.25, -0.2) is 9.97 Å². The summed E-state index contributed by atoms with van der Waals surface area (Å²) in [6, 6.07) is 10.8. The highest BCUT2D eigenvalue weighted by molar-refractivity contribution is 6.35. The maximum absolute atomic E-state index is 12.4. The molecule has 0 aliphatic heterocycles. The van der Waals surface area contributed by atoms with Gasteiger partial charge in [0, 0.05) is 23.1 Å². The van der Waals surface area contributed by atoms with Crippen LogP contribution in [0, 0.1) is 13.8 Å². The number of carbonyl (C=O) groups excluding carboxylic acids is 1. The Morgan fingerprint density at radius 1 is 1.00 bits per heavy atom. The van der Waals surface area contributed by atoms with E-state index in [0.717, 1.165) is 16.8 Å². The lowest BCUT2D eigenvalue weighted by molar-refractivity contribution is 0.102. The second-order valence-corrected chi connectivity index (χ2v) is 6.59. The third kappa shape index (κ3) is 4.12. The van der Waals surface area contributed by atoms with Gasteiger partial charge >= 0.3 is 0 Å². The lowest BCUT2D eigenvalue weighted by Gasteiger charge is -2.11. The van der Waals surface area contributed by atoms with Gasteiger partial charge in [-0.15, -0.1) is 0 Å². The van der Waals surface area contributed by atoms with E-state index >= 15 is 0 Å². The minimum Gasteiger partial charge on any atom is -0.323 e. The maximum atomic E-state index is 12.4. The number of benzene rings is 2. The number of amides is 1. The number of anilines is 3. The zero-order chi connectivity index (χ0) is 18.7. The first-order chi connectivity index (χ1) is 12.4. The van der Waals surface area contributed by atoms with E-state index in [0.29, 0.717) is 27.2 Å². The predicted octanol–water partition coefficient (Wildman–Crippen LogP) is 5.40. The van der Waals surface area contributed by atoms with Crippen LogP contribution < -0.4 is 10.6 Å². The summed E-state index contributed by atoms with van der Waals surface area (Å²) in [5.74, 6) is 0.0449. The van der Waals surface area contributed by atoms with E-state index in [2.05, 4.69) is 20.6 Å². The van der Waals surface area contributed by atoms with Crippen molar-refractivity contribution in [1.29, 1.82) is 0 Å². The summed E-state index contributed by atoms with van der Waals surface area (Å²) < 4.78 is 0. The first-order valence-corrected chi connectivity index (χ1v) is 8.61. The van der Waals surface area contributed by atoms with Gasteiger partial charge in [0.15, 0.2) is 0 Å². The summed E-state index contributed by atoms with van der Waals surface area (Å²) in [7, 11) is 0. The number of hydrogen-bond acceptors (Lipinski definition) is 4. The lowest BCUT2D eigenvalue weighted by Crippen LogP contribution is -2.14. The topological polar surface area (TPSA) is 66.9 Å². The van der Waals surface area contributed by atoms with Gasteiger partial charge in [0.1, 0.15) is 0 Å². The predicted molar refractivity (Wildman–Crippen MR) is 106 cm³/mol. The maximum Gasteiger partial charge on any atom is 0.258 e. The highest BCUT2D eigenvalue weighted by atomic mass is 35.5. The van der Waals surface area contributed by atoms with Crippen LogP contribution in [0.4, 0.5) is 17.3 Å². The molecule has 0 unspecified atom stereocenters. The molecule has 1 aromatic heterocycles. The quantitative estimate of drug-likeness (QED) is 0.629. The van der Waals surface area contributed by atoms with Gasteiger partial charge in [-0.2, -0.15) is 0 Å². The Labute approximate surface area is 161 Å². The molecule has 0 saturated heterocycles. The van der Waals surface area contributed by atoms with Crippen LogP contribution in [-0.2, 0) is 0 Å². The van der Waals surface area contributed by atoms with Gasteiger partial charge in [-0.3, -0.25) is 4.79 Å². The molecule has 2 N–H and O–H groups in total. The second-order valence-electron chi connectivity index (χ2n) is 5.75. The van der Waals surface area contributed by atoms with E-state index < -0.39 is 0 Å². The fourth-order valence-corrected chi connectivity index (χ4v) is 2.64. The molecule has 7 heteroatoms. The van der Waals surface area contributed by atoms with Crippen LogP contribution in [0.2, 0.25) is 10.0 Å². The van der Waals surface area contributed by atoms with Gasteiger partial charge in [0.25, 0.3) is 5.91 Å². The van der Waals surface area contributed by atoms with E-state index in [4.69, 9.17) is 23.2 Å². The first kappa shape index (κ1) is 18.2. The van der Waals surface area contributed by atoms with Gasteiger partial charge in [-0.1, -0.05) is 35.3 Å². The molecule has 1 amide bonds. The molecule has 0 aliphatic carbocycles. The first-order valence-electron chi connectivity index (χ1n) is 7.86. The summed E-state index contributed by atoms with van der Waals surface area (Å²) >= 11 is 12.1. The molecular formula is C19H16Cl2N4O. The number of rotatable bonds is 4. The average Bonchev–Trinajstić information content (AvgIpc) is 2.62. The molecule has 0 bridgehead atoms. The standard InChI is InChI=1S/C19H16Cl2N4O/c1-11-4-3-5-16(12(11)2)24-18(26)13-9-22-19(23-10-13)25-17-8-14(20)6-7-15(17)21/h3-10H,1-2H3,(H,24,26)(H,22,23,25). The third-order valence-electron chi connectivity index (χ3n) is 3.94. The van der Waals surface area contributed by atoms with Crippen molar-refractivity contribution in [1.82, 2.24) is 9.97 Å². The summed E-state index contributed by atoms with van der Waals surface area (Å²) in [6.45, 7) is 3.96. The fraction of sp³-hybridized carbons (Fsp3) is 0.105. The zero-order valence-electron chi connectivity index (χ0n) is 14.2. The second kappa shape index (κ2) is 7.72. The average molecular weight is 387 g/mol. The Balaban J connectivity index is 1.73. The summed E-state index contributed by atoms with van der Waals surface area (Å²) in [5.41, 5.74) is 3.84. The number of nitrogens with zero attached hydrogens (tertiary/aromatic N) is 2. The van der Waals surface area contributed by atoms with Crippen molar-refractivity contribution in [3.05, 3.63) is 75.5 Å². The number of aryl methyl sites for hydroxylation is 1. The molecular weight excluding hydrogens is 371 g/mol. The molecule has 132 valence electrons. The van der Waals surface area contributed by atoms with E-state index in [-0.39, 0.29) is 5.91 Å². The van der Waals surface area contributed by atoms with Crippen LogP contribution in [0.5, 0.6) is 0 Å². The molecule has 5 nitrogen and oxygen atoms in total. The smallest absolute Gasteiger partial charge is 0.258 e. The molecule has 3 rings (SSSR count). The van der Waals surface area contributed by atoms with Crippen LogP contribution >= 0.6 is 23.2 Å². The van der Waals surface area contributed by atoms with Crippen LogP contribution in [0.25, 0.3) is 0 Å². The minimum atomic E-state index is -0.272. The summed E-state index contributed by atoms with van der Waals surface area (Å²) in [4.78, 5) is 20.7. The monoisotopic (exact) mass is 386 g/mol. The van der Waals surface area contributed by atoms with Crippen LogP contribution in [0.3, 0.4) is 0 Å². The van der Waals surface area contributed by atoms with Gasteiger partial charge in [-0.05, 0) is 49.2 Å². The molecule has 0 spiro atoms. The Kier molecular flexibility index (Phi) is 5.40. The van der Waals surface area contributed by atoms with Gasteiger partial charge in [0.05, 0.1) is 16.3 Å². The molecule has 26 heavy (non-hydrogen) atoms. The molecule has 1 heterocycles. The lowest BCUT2D eigenvalue weighted by atomic mass is 10.1. The Bertz CT molecular complexity index is 958. The molecule has 0 saturated carbocycles. The largest absolute Gasteiger partial charge is 0.323 e. The van der Waals surface area contributed by atoms with E-state index in [1.54, 1.807) is 18.2 Å². The molecule has 0 radical (unpaired) electrons. The number of aromatic nitrogens is 2. The molecule has 3 aromatic rings. The van der Waals surface area contributed by atoms with E-state index in [9.17, 15) is 4.79 Å². The number of nitrogens with one attached hydrogen (secondary N) is 2. The Morgan fingerprint density at radius 2 is 1.73 bits per heavy atom. The molecule has 2 aromatic carbocycles. The minimum absolute atomic E-state index is 0.272. The van der Waals surface area contributed by atoms with Crippen molar-refractivity contribution in [2.45, 2.75) is 13.8 Å². The molecule has 0 aliphatic rings. The van der Waals surface area contributed by atoms with Crippen molar-refractivity contribution >= 4 is 46.4 Å². The highest BCUT2D eigenvalue weighted by Gasteiger charge is 2.10. The Morgan fingerprint density at radius 3 is 2.46 bits per heavy atom. The van der Waals surface area contributed by atoms with E-state index in [1.807, 2.05) is 32.0 Å². The highest BCUT2D eigenvalue weighted by Crippen LogP contribution is 2.27. The number of carbonyl (C=O) groups is 1. The SMILES string of the molecule is Cc1cccc(NC(=O)c2cnc(Nc3cc(Cl)ccc3Cl)nc2)c1C. The zero-order valence-corrected chi connectivity index (χ0v) is 15.7. The van der Waals surface area contributed by atoms with Crippen molar-refractivity contribution in [3.8, 4) is 0 Å². The van der Waals surface area contributed by atoms with Crippen molar-refractivity contribution < 1.29 is 4.79 Å². The normalized spacial score (nSPS) is 10.5. The molecule has 0 atom stereocenters. The molecule has 0 fully saturated rings. The van der Waals surface area contributed by atoms with Gasteiger partial charge < -0.3 is 10.6 Å². The fourth-order valence-electron chi connectivity index (χ4n) is 2.30. The van der Waals surface area contributed by atoms with Gasteiger partial charge in [0.2, 0.25) is 5.95 Å². The van der Waals surface area contributed by atoms with Crippen LogP contribution in [0.15, 0.2) is 48.8 Å². The Hall–Kier alpha value is -2.63. The van der Waals surface area contributed by atoms with Crippen molar-refractivity contribution in [3.63, 3.8) is 0 Å². The summed E-state index contributed by atoms with van der Waals surface area (Å²) in [6.07, 6.45) is 2.91. The summed E-state index contributed by atoms with van der Waals surface area (Å²) in [5, 5.41) is 6.89. The van der Waals surface area contributed by atoms with Crippen molar-refractivity contribution in [2.75, 3.05) is 10.6 Å². The number of halogens is 2. The van der Waals surface area contributed by atoms with Crippen LogP contribution in [-0.4, -0.2) is 15.9 Å². The van der Waals surface area contributed by atoms with Crippen molar-refractivity contribution in [2.24, 2.45) is 0 Å². The third-order valence-corrected chi connectivity index (χ3v) is 4.51. The van der Waals surface area contributed by atoms with Crippen LogP contribution in [0.1, 0.15) is 21.5 Å². The van der Waals surface area contributed by atoms with E-state index in [1.165, 1.54) is 12.4 Å².